The van der Waals surface area contributed by atoms with E-state index in [1.807, 2.05) is 0 Å². The number of nitrogen functional groups attached to an aromatic ring is 1. The Labute approximate surface area is 84.3 Å². The molecule has 0 heterocycles. The molecular formula is C8H9F2N5. The molecule has 7 heteroatoms. The van der Waals surface area contributed by atoms with Crippen molar-refractivity contribution in [2.24, 2.45) is 21.7 Å². The van der Waals surface area contributed by atoms with Crippen LogP contribution in [-0.4, -0.2) is 12.2 Å². The topological polar surface area (TPSA) is 103 Å². The lowest BCUT2D eigenvalue weighted by Gasteiger charge is -2.00. The molecule has 0 unspecified atom stereocenters. The summed E-state index contributed by atoms with van der Waals surface area (Å²) in [7, 11) is 0. The van der Waals surface area contributed by atoms with Crippen LogP contribution in [0.5, 0.6) is 0 Å². The Morgan fingerprint density at radius 1 is 1.27 bits per heavy atom. The summed E-state index contributed by atoms with van der Waals surface area (Å²) in [5.74, 6) is -2.39. The van der Waals surface area contributed by atoms with Gasteiger partial charge in [0.15, 0.2) is 11.6 Å². The molecular weight excluding hydrogens is 204 g/mol. The van der Waals surface area contributed by atoms with E-state index in [1.54, 1.807) is 0 Å². The summed E-state index contributed by atoms with van der Waals surface area (Å²) in [6, 6.07) is 2.20. The molecule has 0 bridgehead atoms. The highest BCUT2D eigenvalue weighted by atomic mass is 19.2. The van der Waals surface area contributed by atoms with Gasteiger partial charge in [0.05, 0.1) is 11.9 Å². The van der Waals surface area contributed by atoms with Crippen molar-refractivity contribution < 1.29 is 8.78 Å². The highest BCUT2D eigenvalue weighted by Crippen LogP contribution is 2.17. The van der Waals surface area contributed by atoms with Gasteiger partial charge in [-0.05, 0) is 12.1 Å². The SMILES string of the molecule is NC(N)=NN=Cc1ccc(F)c(F)c1N. The standard InChI is InChI=1S/C8H9F2N5/c9-5-2-1-4(7(11)6(5)10)3-14-15-8(12)13/h1-3H,11H2,(H4,12,13,15). The van der Waals surface area contributed by atoms with Crippen molar-refractivity contribution in [2.75, 3.05) is 5.73 Å². The third-order valence-corrected chi connectivity index (χ3v) is 1.54. The molecule has 6 N–H and O–H groups in total. The van der Waals surface area contributed by atoms with Crippen LogP contribution in [0.4, 0.5) is 14.5 Å². The Bertz CT molecular complexity index is 423. The summed E-state index contributed by atoms with van der Waals surface area (Å²) < 4.78 is 25.6. The number of hydrogen-bond acceptors (Lipinski definition) is 3. The first-order chi connectivity index (χ1) is 7.02. The number of nitrogens with zero attached hydrogens (tertiary/aromatic N) is 2. The van der Waals surface area contributed by atoms with Crippen molar-refractivity contribution >= 4 is 17.9 Å². The fraction of sp³-hybridized carbons (Fsp3) is 0. The van der Waals surface area contributed by atoms with Crippen molar-refractivity contribution in [1.82, 2.24) is 0 Å². The molecule has 0 fully saturated rings. The van der Waals surface area contributed by atoms with E-state index in [1.165, 1.54) is 6.07 Å². The monoisotopic (exact) mass is 213 g/mol. The Morgan fingerprint density at radius 2 is 1.93 bits per heavy atom. The molecule has 0 radical (unpaired) electrons. The smallest absolute Gasteiger partial charge is 0.211 e. The summed E-state index contributed by atoms with van der Waals surface area (Å²) in [5, 5.41) is 6.70. The molecule has 0 aliphatic rings. The van der Waals surface area contributed by atoms with E-state index in [-0.39, 0.29) is 17.2 Å². The van der Waals surface area contributed by atoms with Gasteiger partial charge >= 0.3 is 0 Å². The van der Waals surface area contributed by atoms with Crippen molar-refractivity contribution in [3.63, 3.8) is 0 Å². The number of hydrogen-bond donors (Lipinski definition) is 3. The molecule has 0 aromatic heterocycles. The fourth-order valence-electron chi connectivity index (χ4n) is 0.852. The predicted molar refractivity (Wildman–Crippen MR) is 54.2 cm³/mol. The third-order valence-electron chi connectivity index (χ3n) is 1.54. The van der Waals surface area contributed by atoms with E-state index in [0.29, 0.717) is 0 Å². The summed E-state index contributed by atoms with van der Waals surface area (Å²) in [6.45, 7) is 0. The van der Waals surface area contributed by atoms with E-state index in [0.717, 1.165) is 12.3 Å². The molecule has 0 atom stereocenters. The largest absolute Gasteiger partial charge is 0.396 e. The second-order valence-corrected chi connectivity index (χ2v) is 2.63. The highest BCUT2D eigenvalue weighted by Gasteiger charge is 2.08. The summed E-state index contributed by atoms with van der Waals surface area (Å²) >= 11 is 0. The molecule has 0 amide bonds. The number of guanidine groups is 1. The lowest BCUT2D eigenvalue weighted by molar-refractivity contribution is 0.512. The van der Waals surface area contributed by atoms with E-state index in [4.69, 9.17) is 17.2 Å². The zero-order valence-corrected chi connectivity index (χ0v) is 7.61. The predicted octanol–water partition coefficient (Wildman–Crippen LogP) is 0.154. The van der Waals surface area contributed by atoms with Gasteiger partial charge in [-0.25, -0.2) is 8.78 Å². The molecule has 0 aliphatic carbocycles. The maximum atomic E-state index is 12.9. The first kappa shape index (κ1) is 10.9. The van der Waals surface area contributed by atoms with Crippen LogP contribution in [0.3, 0.4) is 0 Å². The van der Waals surface area contributed by atoms with Crippen LogP contribution >= 0.6 is 0 Å². The molecule has 0 spiro atoms. The summed E-state index contributed by atoms with van der Waals surface area (Å²) in [6.07, 6.45) is 1.12. The molecule has 1 aromatic rings. The molecule has 1 rings (SSSR count). The van der Waals surface area contributed by atoms with E-state index >= 15 is 0 Å². The number of benzene rings is 1. The summed E-state index contributed by atoms with van der Waals surface area (Å²) in [5.41, 5.74) is 15.1. The minimum absolute atomic E-state index is 0.193. The molecule has 15 heavy (non-hydrogen) atoms. The third kappa shape index (κ3) is 2.63. The van der Waals surface area contributed by atoms with Gasteiger partial charge in [0, 0.05) is 5.56 Å². The van der Waals surface area contributed by atoms with Crippen LogP contribution in [0, 0.1) is 11.6 Å². The van der Waals surface area contributed by atoms with Gasteiger partial charge < -0.3 is 17.2 Å². The average Bonchev–Trinajstić information content (AvgIpc) is 2.18. The second kappa shape index (κ2) is 4.36. The fourth-order valence-corrected chi connectivity index (χ4v) is 0.852. The molecule has 80 valence electrons. The van der Waals surface area contributed by atoms with Gasteiger partial charge in [0.1, 0.15) is 0 Å². The minimum Gasteiger partial charge on any atom is -0.396 e. The van der Waals surface area contributed by atoms with Crippen molar-refractivity contribution in [2.45, 2.75) is 0 Å². The van der Waals surface area contributed by atoms with Crippen LogP contribution in [0.25, 0.3) is 0 Å². The van der Waals surface area contributed by atoms with E-state index in [2.05, 4.69) is 10.2 Å². The van der Waals surface area contributed by atoms with Crippen LogP contribution in [0.15, 0.2) is 22.3 Å². The van der Waals surface area contributed by atoms with Gasteiger partial charge in [-0.15, -0.1) is 5.10 Å². The van der Waals surface area contributed by atoms with Gasteiger partial charge in [-0.2, -0.15) is 5.10 Å². The second-order valence-electron chi connectivity index (χ2n) is 2.63. The maximum absolute atomic E-state index is 12.9. The van der Waals surface area contributed by atoms with Gasteiger partial charge in [-0.1, -0.05) is 0 Å². The molecule has 0 saturated carbocycles. The zero-order chi connectivity index (χ0) is 11.4. The Hall–Kier alpha value is -2.18. The van der Waals surface area contributed by atoms with Crippen LogP contribution in [0.2, 0.25) is 0 Å². The Balaban J connectivity index is 3.02. The quantitative estimate of drug-likeness (QED) is 0.282. The van der Waals surface area contributed by atoms with Gasteiger partial charge in [0.25, 0.3) is 0 Å². The van der Waals surface area contributed by atoms with E-state index in [9.17, 15) is 8.78 Å². The van der Waals surface area contributed by atoms with Gasteiger partial charge in [0.2, 0.25) is 5.96 Å². The van der Waals surface area contributed by atoms with Crippen LogP contribution in [0.1, 0.15) is 5.56 Å². The molecule has 1 aromatic carbocycles. The lowest BCUT2D eigenvalue weighted by atomic mass is 10.2. The Morgan fingerprint density at radius 3 is 2.53 bits per heavy atom. The van der Waals surface area contributed by atoms with Gasteiger partial charge in [-0.3, -0.25) is 0 Å². The number of anilines is 1. The number of nitrogens with two attached hydrogens (primary N) is 3. The minimum atomic E-state index is -1.12. The van der Waals surface area contributed by atoms with E-state index < -0.39 is 11.6 Å². The summed E-state index contributed by atoms with van der Waals surface area (Å²) in [4.78, 5) is 0. The first-order valence-corrected chi connectivity index (χ1v) is 3.88. The number of rotatable bonds is 2. The average molecular weight is 213 g/mol. The Kier molecular flexibility index (Phi) is 3.17. The van der Waals surface area contributed by atoms with Crippen molar-refractivity contribution in [1.29, 1.82) is 0 Å². The zero-order valence-electron chi connectivity index (χ0n) is 7.61. The van der Waals surface area contributed by atoms with Crippen LogP contribution < -0.4 is 17.2 Å². The normalized spacial score (nSPS) is 10.5. The van der Waals surface area contributed by atoms with Crippen LogP contribution in [-0.2, 0) is 0 Å². The highest BCUT2D eigenvalue weighted by molar-refractivity contribution is 5.87. The lowest BCUT2D eigenvalue weighted by Crippen LogP contribution is -2.21. The first-order valence-electron chi connectivity index (χ1n) is 3.88. The molecule has 0 saturated heterocycles. The van der Waals surface area contributed by atoms with Crippen molar-refractivity contribution in [3.8, 4) is 0 Å². The van der Waals surface area contributed by atoms with Crippen molar-refractivity contribution in [3.05, 3.63) is 29.3 Å². The molecule has 0 aliphatic heterocycles. The molecule has 5 nitrogen and oxygen atoms in total. The number of halogens is 2. The maximum Gasteiger partial charge on any atom is 0.211 e.